The lowest BCUT2D eigenvalue weighted by molar-refractivity contribution is 0.0105. The van der Waals surface area contributed by atoms with Crippen molar-refractivity contribution in [3.63, 3.8) is 0 Å². The second kappa shape index (κ2) is 4.38. The Morgan fingerprint density at radius 2 is 2.18 bits per heavy atom. The molecular weight excluding hydrogens is 138 g/mol. The molecule has 1 atom stereocenters. The molecule has 0 fully saturated rings. The molecule has 0 aliphatic rings. The third kappa shape index (κ3) is 4.83. The molecule has 2 heteroatoms. The third-order valence-electron chi connectivity index (χ3n) is 1.69. The maximum absolute atomic E-state index is 5.72. The quantitative estimate of drug-likeness (QED) is 0.618. The maximum atomic E-state index is 5.72. The summed E-state index contributed by atoms with van der Waals surface area (Å²) in [6.07, 6.45) is 6.54. The summed E-state index contributed by atoms with van der Waals surface area (Å²) >= 11 is 0. The summed E-state index contributed by atoms with van der Waals surface area (Å²) in [5.74, 6) is 2.53. The smallest absolute Gasteiger partial charge is 0.0637 e. The molecule has 2 nitrogen and oxygen atoms in total. The molecule has 0 heterocycles. The van der Waals surface area contributed by atoms with Crippen LogP contribution in [0, 0.1) is 12.3 Å². The zero-order chi connectivity index (χ0) is 8.91. The van der Waals surface area contributed by atoms with E-state index < -0.39 is 0 Å². The predicted molar refractivity (Wildman–Crippen MR) is 47.1 cm³/mol. The van der Waals surface area contributed by atoms with Crippen LogP contribution in [-0.2, 0) is 4.74 Å². The summed E-state index contributed by atoms with van der Waals surface area (Å²) in [4.78, 5) is 0. The Labute approximate surface area is 69.1 Å². The van der Waals surface area contributed by atoms with Crippen molar-refractivity contribution < 1.29 is 4.74 Å². The van der Waals surface area contributed by atoms with Gasteiger partial charge >= 0.3 is 0 Å². The van der Waals surface area contributed by atoms with E-state index in [-0.39, 0.29) is 11.6 Å². The van der Waals surface area contributed by atoms with Gasteiger partial charge < -0.3 is 10.5 Å². The number of rotatable bonds is 4. The Morgan fingerprint density at radius 1 is 1.64 bits per heavy atom. The minimum atomic E-state index is -0.156. The topological polar surface area (TPSA) is 35.2 Å². The molecule has 0 bridgehead atoms. The lowest BCUT2D eigenvalue weighted by atomic mass is 9.98. The van der Waals surface area contributed by atoms with Gasteiger partial charge in [-0.05, 0) is 20.3 Å². The zero-order valence-electron chi connectivity index (χ0n) is 7.55. The number of ether oxygens (including phenoxy) is 1. The summed E-state index contributed by atoms with van der Waals surface area (Å²) in [6, 6.07) is 0.0509. The number of methoxy groups -OCH3 is 1. The van der Waals surface area contributed by atoms with Crippen LogP contribution in [0.5, 0.6) is 0 Å². The minimum Gasteiger partial charge on any atom is -0.379 e. The molecule has 1 unspecified atom stereocenters. The molecule has 0 saturated heterocycles. The third-order valence-corrected chi connectivity index (χ3v) is 1.69. The van der Waals surface area contributed by atoms with Gasteiger partial charge in [0.15, 0.2) is 0 Å². The van der Waals surface area contributed by atoms with E-state index >= 15 is 0 Å². The molecule has 0 saturated carbocycles. The van der Waals surface area contributed by atoms with Crippen LogP contribution in [0.1, 0.15) is 26.7 Å². The monoisotopic (exact) mass is 155 g/mol. The highest BCUT2D eigenvalue weighted by molar-refractivity contribution is 4.90. The van der Waals surface area contributed by atoms with Gasteiger partial charge in [0.2, 0.25) is 0 Å². The number of nitrogens with two attached hydrogens (primary N) is 1. The van der Waals surface area contributed by atoms with Gasteiger partial charge in [-0.1, -0.05) is 0 Å². The van der Waals surface area contributed by atoms with Crippen molar-refractivity contribution in [2.75, 3.05) is 7.11 Å². The van der Waals surface area contributed by atoms with E-state index in [0.29, 0.717) is 6.42 Å². The van der Waals surface area contributed by atoms with Gasteiger partial charge in [-0.25, -0.2) is 0 Å². The van der Waals surface area contributed by atoms with Crippen molar-refractivity contribution in [1.82, 2.24) is 0 Å². The van der Waals surface area contributed by atoms with E-state index in [1.54, 1.807) is 7.11 Å². The zero-order valence-corrected chi connectivity index (χ0v) is 7.55. The van der Waals surface area contributed by atoms with Crippen LogP contribution in [0.25, 0.3) is 0 Å². The first kappa shape index (κ1) is 10.5. The molecule has 0 aromatic rings. The Balaban J connectivity index is 3.75. The minimum absolute atomic E-state index is 0.0509. The molecule has 0 aromatic heterocycles. The van der Waals surface area contributed by atoms with Crippen molar-refractivity contribution in [1.29, 1.82) is 0 Å². The number of terminal acetylenes is 1. The van der Waals surface area contributed by atoms with Crippen LogP contribution in [0.15, 0.2) is 0 Å². The molecule has 0 aliphatic heterocycles. The van der Waals surface area contributed by atoms with Crippen LogP contribution in [0.3, 0.4) is 0 Å². The van der Waals surface area contributed by atoms with Crippen molar-refractivity contribution in [3.8, 4) is 12.3 Å². The van der Waals surface area contributed by atoms with Crippen LogP contribution < -0.4 is 5.73 Å². The lowest BCUT2D eigenvalue weighted by Crippen LogP contribution is -2.33. The molecule has 2 N–H and O–H groups in total. The van der Waals surface area contributed by atoms with Gasteiger partial charge in [-0.3, -0.25) is 0 Å². The van der Waals surface area contributed by atoms with E-state index in [9.17, 15) is 0 Å². The molecule has 0 spiro atoms. The summed E-state index contributed by atoms with van der Waals surface area (Å²) in [7, 11) is 1.68. The molecule has 0 aromatic carbocycles. The lowest BCUT2D eigenvalue weighted by Gasteiger charge is -2.25. The second-order valence-corrected chi connectivity index (χ2v) is 3.34. The fourth-order valence-electron chi connectivity index (χ4n) is 0.938. The molecule has 0 rings (SSSR count). The fourth-order valence-corrected chi connectivity index (χ4v) is 0.938. The molecule has 64 valence electrons. The van der Waals surface area contributed by atoms with E-state index in [0.717, 1.165) is 6.42 Å². The van der Waals surface area contributed by atoms with Crippen molar-refractivity contribution >= 4 is 0 Å². The van der Waals surface area contributed by atoms with Gasteiger partial charge in [-0.2, -0.15) is 0 Å². The van der Waals surface area contributed by atoms with Crippen molar-refractivity contribution in [2.45, 2.75) is 38.3 Å². The molecule has 0 radical (unpaired) electrons. The average Bonchev–Trinajstić information content (AvgIpc) is 1.87. The summed E-state index contributed by atoms with van der Waals surface area (Å²) < 4.78 is 5.21. The van der Waals surface area contributed by atoms with Crippen LogP contribution >= 0.6 is 0 Å². The van der Waals surface area contributed by atoms with Crippen molar-refractivity contribution in [3.05, 3.63) is 0 Å². The Kier molecular flexibility index (Phi) is 4.17. The van der Waals surface area contributed by atoms with Crippen molar-refractivity contribution in [2.24, 2.45) is 5.73 Å². The Morgan fingerprint density at radius 3 is 2.55 bits per heavy atom. The molecule has 0 amide bonds. The Bertz CT molecular complexity index is 146. The summed E-state index contributed by atoms with van der Waals surface area (Å²) in [5.41, 5.74) is 5.57. The standard InChI is InChI=1S/C9H17NO/c1-5-6-8(10)7-9(2,3)11-4/h1,8H,6-7,10H2,2-4H3. The first-order chi connectivity index (χ1) is 5.02. The highest BCUT2D eigenvalue weighted by Crippen LogP contribution is 2.15. The second-order valence-electron chi connectivity index (χ2n) is 3.34. The van der Waals surface area contributed by atoms with E-state index in [1.165, 1.54) is 0 Å². The van der Waals surface area contributed by atoms with Gasteiger partial charge in [0.1, 0.15) is 0 Å². The normalized spacial score (nSPS) is 14.1. The predicted octanol–water partition coefficient (Wildman–Crippen LogP) is 1.15. The van der Waals surface area contributed by atoms with Gasteiger partial charge in [0.05, 0.1) is 5.60 Å². The average molecular weight is 155 g/mol. The Hall–Kier alpha value is -0.520. The highest BCUT2D eigenvalue weighted by atomic mass is 16.5. The maximum Gasteiger partial charge on any atom is 0.0637 e. The van der Waals surface area contributed by atoms with Gasteiger partial charge in [-0.15, -0.1) is 12.3 Å². The van der Waals surface area contributed by atoms with Crippen LogP contribution in [-0.4, -0.2) is 18.8 Å². The van der Waals surface area contributed by atoms with Gasteiger partial charge in [0.25, 0.3) is 0 Å². The summed E-state index contributed by atoms with van der Waals surface area (Å²) in [6.45, 7) is 4.01. The van der Waals surface area contributed by atoms with E-state index in [1.807, 2.05) is 13.8 Å². The molecule has 11 heavy (non-hydrogen) atoms. The molecule has 0 aliphatic carbocycles. The SMILES string of the molecule is C#CCC(N)CC(C)(C)OC. The summed E-state index contributed by atoms with van der Waals surface area (Å²) in [5, 5.41) is 0. The largest absolute Gasteiger partial charge is 0.379 e. The van der Waals surface area contributed by atoms with Gasteiger partial charge in [0, 0.05) is 19.6 Å². The number of hydrogen-bond donors (Lipinski definition) is 1. The number of hydrogen-bond acceptors (Lipinski definition) is 2. The van der Waals surface area contributed by atoms with Crippen LogP contribution in [0.2, 0.25) is 0 Å². The fraction of sp³-hybridized carbons (Fsp3) is 0.778. The molecular formula is C9H17NO. The first-order valence-corrected chi connectivity index (χ1v) is 3.76. The van der Waals surface area contributed by atoms with E-state index in [2.05, 4.69) is 5.92 Å². The first-order valence-electron chi connectivity index (χ1n) is 3.76. The highest BCUT2D eigenvalue weighted by Gasteiger charge is 2.19. The van der Waals surface area contributed by atoms with Crippen LogP contribution in [0.4, 0.5) is 0 Å². The van der Waals surface area contributed by atoms with E-state index in [4.69, 9.17) is 16.9 Å².